The number of aromatic amines is 1. The highest BCUT2D eigenvalue weighted by Gasteiger charge is 2.18. The Morgan fingerprint density at radius 2 is 2.00 bits per heavy atom. The molecule has 2 heterocycles. The Morgan fingerprint density at radius 3 is 2.70 bits per heavy atom. The summed E-state index contributed by atoms with van der Waals surface area (Å²) in [5.74, 6) is -0.154. The molecular formula is C17H18N4O5S. The molecule has 142 valence electrons. The SMILES string of the molecule is O=C(NCCCS(=O)(=O)c1cc(CO)[nH]n1)c1cc(-c2ccccc2)on1. The molecule has 3 aromatic rings. The van der Waals surface area contributed by atoms with E-state index in [1.165, 1.54) is 12.1 Å². The minimum Gasteiger partial charge on any atom is -0.390 e. The first-order chi connectivity index (χ1) is 13.0. The molecule has 0 saturated heterocycles. The van der Waals surface area contributed by atoms with Crippen LogP contribution in [0.5, 0.6) is 0 Å². The normalized spacial score (nSPS) is 11.4. The lowest BCUT2D eigenvalue weighted by atomic mass is 10.1. The molecule has 3 rings (SSSR count). The maximum atomic E-state index is 12.1. The highest BCUT2D eigenvalue weighted by Crippen LogP contribution is 2.19. The minimum absolute atomic E-state index is 0.122. The fourth-order valence-electron chi connectivity index (χ4n) is 2.36. The van der Waals surface area contributed by atoms with Crippen molar-refractivity contribution in [2.45, 2.75) is 18.1 Å². The standard InChI is InChI=1S/C17H18N4O5S/c22-11-13-9-16(20-19-13)27(24,25)8-4-7-18-17(23)14-10-15(26-21-14)12-5-2-1-3-6-12/h1-3,5-6,9-10,22H,4,7-8,11H2,(H,18,23)(H,19,20). The van der Waals surface area contributed by atoms with Crippen LogP contribution in [0, 0.1) is 0 Å². The van der Waals surface area contributed by atoms with Gasteiger partial charge >= 0.3 is 0 Å². The van der Waals surface area contributed by atoms with Crippen molar-refractivity contribution in [3.05, 3.63) is 53.9 Å². The van der Waals surface area contributed by atoms with Crippen LogP contribution in [0.15, 0.2) is 52.0 Å². The fraction of sp³-hybridized carbons (Fsp3) is 0.235. The van der Waals surface area contributed by atoms with Gasteiger partial charge in [-0.1, -0.05) is 35.5 Å². The van der Waals surface area contributed by atoms with Crippen molar-refractivity contribution >= 4 is 15.7 Å². The number of nitrogens with zero attached hydrogens (tertiary/aromatic N) is 2. The number of hydrogen-bond acceptors (Lipinski definition) is 7. The van der Waals surface area contributed by atoms with E-state index in [4.69, 9.17) is 9.63 Å². The fourth-order valence-corrected chi connectivity index (χ4v) is 3.60. The zero-order valence-corrected chi connectivity index (χ0v) is 15.1. The lowest BCUT2D eigenvalue weighted by Crippen LogP contribution is -2.26. The predicted octanol–water partition coefficient (Wildman–Crippen LogP) is 1.15. The van der Waals surface area contributed by atoms with Crippen molar-refractivity contribution < 1.29 is 22.8 Å². The van der Waals surface area contributed by atoms with Gasteiger partial charge in [-0.05, 0) is 6.42 Å². The van der Waals surface area contributed by atoms with Crippen LogP contribution in [0.1, 0.15) is 22.6 Å². The number of H-pyrrole nitrogens is 1. The number of aliphatic hydroxyl groups excluding tert-OH is 1. The van der Waals surface area contributed by atoms with Crippen molar-refractivity contribution in [3.8, 4) is 11.3 Å². The molecule has 0 unspecified atom stereocenters. The molecule has 0 spiro atoms. The van der Waals surface area contributed by atoms with E-state index in [0.717, 1.165) is 5.56 Å². The largest absolute Gasteiger partial charge is 0.390 e. The molecule has 0 fully saturated rings. The van der Waals surface area contributed by atoms with E-state index in [0.29, 0.717) is 11.5 Å². The average Bonchev–Trinajstić information content (AvgIpc) is 3.35. The van der Waals surface area contributed by atoms with Gasteiger partial charge in [-0.3, -0.25) is 9.89 Å². The Hall–Kier alpha value is -2.98. The molecule has 0 radical (unpaired) electrons. The van der Waals surface area contributed by atoms with E-state index in [-0.39, 0.29) is 36.0 Å². The summed E-state index contributed by atoms with van der Waals surface area (Å²) >= 11 is 0. The van der Waals surface area contributed by atoms with Crippen LogP contribution in [0.2, 0.25) is 0 Å². The number of sulfone groups is 1. The average molecular weight is 390 g/mol. The molecule has 0 aliphatic carbocycles. The van der Waals surface area contributed by atoms with Gasteiger partial charge in [0.05, 0.1) is 18.1 Å². The number of hydrogen-bond donors (Lipinski definition) is 3. The van der Waals surface area contributed by atoms with Gasteiger partial charge in [0.25, 0.3) is 5.91 Å². The van der Waals surface area contributed by atoms with Crippen LogP contribution >= 0.6 is 0 Å². The summed E-state index contributed by atoms with van der Waals surface area (Å²) in [4.78, 5) is 12.1. The van der Waals surface area contributed by atoms with Crippen molar-refractivity contribution in [2.75, 3.05) is 12.3 Å². The number of aromatic nitrogens is 3. The lowest BCUT2D eigenvalue weighted by molar-refractivity contribution is 0.0944. The molecule has 0 atom stereocenters. The van der Waals surface area contributed by atoms with Crippen molar-refractivity contribution in [1.29, 1.82) is 0 Å². The van der Waals surface area contributed by atoms with Gasteiger partial charge in [0.2, 0.25) is 0 Å². The summed E-state index contributed by atoms with van der Waals surface area (Å²) in [6.45, 7) is -0.163. The highest BCUT2D eigenvalue weighted by atomic mass is 32.2. The Kier molecular flexibility index (Phi) is 5.67. The number of carbonyl (C=O) groups is 1. The van der Waals surface area contributed by atoms with Gasteiger partial charge in [0, 0.05) is 24.2 Å². The van der Waals surface area contributed by atoms with E-state index in [1.807, 2.05) is 30.3 Å². The number of carbonyl (C=O) groups excluding carboxylic acids is 1. The maximum Gasteiger partial charge on any atom is 0.273 e. The molecule has 3 N–H and O–H groups in total. The van der Waals surface area contributed by atoms with E-state index in [2.05, 4.69) is 20.7 Å². The van der Waals surface area contributed by atoms with Gasteiger partial charge in [-0.25, -0.2) is 8.42 Å². The molecule has 0 aliphatic rings. The van der Waals surface area contributed by atoms with Gasteiger partial charge in [-0.2, -0.15) is 5.10 Å². The first-order valence-corrected chi connectivity index (χ1v) is 9.83. The summed E-state index contributed by atoms with van der Waals surface area (Å²) in [7, 11) is -3.58. The maximum absolute atomic E-state index is 12.1. The Balaban J connectivity index is 1.50. The number of nitrogens with one attached hydrogen (secondary N) is 2. The molecule has 2 aromatic heterocycles. The summed E-state index contributed by atoms with van der Waals surface area (Å²) in [5.41, 5.74) is 1.25. The second kappa shape index (κ2) is 8.14. The first kappa shape index (κ1) is 18.8. The molecule has 27 heavy (non-hydrogen) atoms. The second-order valence-corrected chi connectivity index (χ2v) is 7.82. The van der Waals surface area contributed by atoms with E-state index < -0.39 is 15.7 Å². The molecule has 0 aliphatic heterocycles. The third kappa shape index (κ3) is 4.60. The molecule has 0 saturated carbocycles. The Labute approximate surface area is 155 Å². The van der Waals surface area contributed by atoms with Crippen LogP contribution < -0.4 is 5.32 Å². The van der Waals surface area contributed by atoms with Gasteiger partial charge in [0.15, 0.2) is 26.3 Å². The van der Waals surface area contributed by atoms with E-state index in [9.17, 15) is 13.2 Å². The zero-order valence-electron chi connectivity index (χ0n) is 14.3. The summed E-state index contributed by atoms with van der Waals surface area (Å²) in [6.07, 6.45) is 0.207. The molecule has 1 amide bonds. The van der Waals surface area contributed by atoms with Crippen molar-refractivity contribution in [1.82, 2.24) is 20.7 Å². The predicted molar refractivity (Wildman–Crippen MR) is 95.5 cm³/mol. The second-order valence-electron chi connectivity index (χ2n) is 5.76. The van der Waals surface area contributed by atoms with Crippen molar-refractivity contribution in [3.63, 3.8) is 0 Å². The summed E-state index contributed by atoms with van der Waals surface area (Å²) < 4.78 is 29.4. The van der Waals surface area contributed by atoms with Gasteiger partial charge < -0.3 is 14.9 Å². The van der Waals surface area contributed by atoms with Crippen molar-refractivity contribution in [2.24, 2.45) is 0 Å². The molecule has 9 nitrogen and oxygen atoms in total. The Bertz CT molecular complexity index is 1010. The third-order valence-corrected chi connectivity index (χ3v) is 5.45. The molecular weight excluding hydrogens is 372 g/mol. The van der Waals surface area contributed by atoms with E-state index in [1.54, 1.807) is 0 Å². The van der Waals surface area contributed by atoms with E-state index >= 15 is 0 Å². The number of benzene rings is 1. The molecule has 0 bridgehead atoms. The monoisotopic (exact) mass is 390 g/mol. The summed E-state index contributed by atoms with van der Waals surface area (Å²) in [5, 5.41) is 21.3. The minimum atomic E-state index is -3.58. The zero-order chi connectivity index (χ0) is 19.3. The van der Waals surface area contributed by atoms with Crippen LogP contribution in [0.4, 0.5) is 0 Å². The van der Waals surface area contributed by atoms with Crippen LogP contribution in [-0.4, -0.2) is 47.1 Å². The number of amides is 1. The van der Waals surface area contributed by atoms with Crippen LogP contribution in [0.25, 0.3) is 11.3 Å². The Morgan fingerprint density at radius 1 is 1.22 bits per heavy atom. The lowest BCUT2D eigenvalue weighted by Gasteiger charge is -2.03. The van der Waals surface area contributed by atoms with Crippen LogP contribution in [-0.2, 0) is 16.4 Å². The van der Waals surface area contributed by atoms with Crippen LogP contribution in [0.3, 0.4) is 0 Å². The highest BCUT2D eigenvalue weighted by molar-refractivity contribution is 7.91. The summed E-state index contributed by atoms with van der Waals surface area (Å²) in [6, 6.07) is 12.1. The number of aliphatic hydroxyl groups is 1. The smallest absolute Gasteiger partial charge is 0.273 e. The van der Waals surface area contributed by atoms with Gasteiger partial charge in [-0.15, -0.1) is 0 Å². The third-order valence-electron chi connectivity index (χ3n) is 3.77. The quantitative estimate of drug-likeness (QED) is 0.490. The topological polar surface area (TPSA) is 138 Å². The molecule has 10 heteroatoms. The molecule has 1 aromatic carbocycles. The number of rotatable bonds is 8. The first-order valence-electron chi connectivity index (χ1n) is 8.18. The van der Waals surface area contributed by atoms with Gasteiger partial charge in [0.1, 0.15) is 0 Å².